The molecule has 0 bridgehead atoms. The van der Waals surface area contributed by atoms with Crippen LogP contribution in [0.25, 0.3) is 74.3 Å². The molecule has 7 aromatic carbocycles. The molecule has 0 radical (unpaired) electrons. The topological polar surface area (TPSA) is 16.1 Å². The monoisotopic (exact) mass is 674 g/mol. The molecule has 2 nitrogen and oxygen atoms in total. The SMILES string of the molecule is CC1(C)c2ccccc2-c2ccc(N(c3ccc4c(c3)sc3ccccc34)c3ccc4c5c(cccc35)-c3sc(-c5ccccc5)nc3-4)cc21. The van der Waals surface area contributed by atoms with Crippen molar-refractivity contribution in [2.45, 2.75) is 19.3 Å². The van der Waals surface area contributed by atoms with Gasteiger partial charge in [0.05, 0.1) is 16.3 Å². The minimum absolute atomic E-state index is 0.0958. The van der Waals surface area contributed by atoms with Gasteiger partial charge in [0.25, 0.3) is 0 Å². The lowest BCUT2D eigenvalue weighted by Crippen LogP contribution is -2.16. The summed E-state index contributed by atoms with van der Waals surface area (Å²) in [6, 6.07) is 53.7. The molecule has 2 heterocycles. The molecule has 50 heavy (non-hydrogen) atoms. The number of hydrogen-bond donors (Lipinski definition) is 0. The Morgan fingerprint density at radius 2 is 1.22 bits per heavy atom. The molecule has 11 rings (SSSR count). The van der Waals surface area contributed by atoms with E-state index >= 15 is 0 Å². The largest absolute Gasteiger partial charge is 0.310 e. The van der Waals surface area contributed by atoms with Gasteiger partial charge in [0, 0.05) is 64.4 Å². The van der Waals surface area contributed by atoms with Gasteiger partial charge in [0.1, 0.15) is 5.01 Å². The van der Waals surface area contributed by atoms with Gasteiger partial charge < -0.3 is 4.90 Å². The Hall–Kier alpha value is -5.55. The van der Waals surface area contributed by atoms with E-state index in [1.165, 1.54) is 86.1 Å². The molecule has 0 N–H and O–H groups in total. The van der Waals surface area contributed by atoms with E-state index in [-0.39, 0.29) is 5.41 Å². The van der Waals surface area contributed by atoms with Crippen molar-refractivity contribution < 1.29 is 0 Å². The second-order valence-corrected chi connectivity index (χ2v) is 16.0. The van der Waals surface area contributed by atoms with Crippen molar-refractivity contribution in [1.29, 1.82) is 0 Å². The van der Waals surface area contributed by atoms with Crippen molar-refractivity contribution in [2.75, 3.05) is 4.90 Å². The van der Waals surface area contributed by atoms with Crippen LogP contribution < -0.4 is 4.90 Å². The third-order valence-corrected chi connectivity index (χ3v) is 13.1. The smallest absolute Gasteiger partial charge is 0.124 e. The van der Waals surface area contributed by atoms with Crippen LogP contribution in [0.3, 0.4) is 0 Å². The van der Waals surface area contributed by atoms with Crippen LogP contribution in [0.1, 0.15) is 25.0 Å². The zero-order chi connectivity index (χ0) is 33.1. The van der Waals surface area contributed by atoms with E-state index in [0.717, 1.165) is 16.4 Å². The Labute approximate surface area is 298 Å². The normalized spacial score (nSPS) is 13.6. The Balaban J connectivity index is 1.14. The number of thiophene rings is 1. The number of nitrogens with zero attached hydrogens (tertiary/aromatic N) is 2. The van der Waals surface area contributed by atoms with Crippen LogP contribution in [0, 0.1) is 0 Å². The van der Waals surface area contributed by atoms with Crippen molar-refractivity contribution in [3.63, 3.8) is 0 Å². The first-order valence-electron chi connectivity index (χ1n) is 17.1. The highest BCUT2D eigenvalue weighted by Crippen LogP contribution is 2.55. The minimum atomic E-state index is -0.0958. The van der Waals surface area contributed by atoms with E-state index < -0.39 is 0 Å². The summed E-state index contributed by atoms with van der Waals surface area (Å²) in [5, 5.41) is 6.24. The van der Waals surface area contributed by atoms with E-state index in [4.69, 9.17) is 4.98 Å². The van der Waals surface area contributed by atoms with Crippen LogP contribution in [0.5, 0.6) is 0 Å². The Kier molecular flexibility index (Phi) is 5.80. The summed E-state index contributed by atoms with van der Waals surface area (Å²) in [6.45, 7) is 4.73. The van der Waals surface area contributed by atoms with Gasteiger partial charge in [-0.25, -0.2) is 4.98 Å². The average molecular weight is 675 g/mol. The van der Waals surface area contributed by atoms with Gasteiger partial charge in [-0.15, -0.1) is 22.7 Å². The number of aromatic nitrogens is 1. The molecule has 0 amide bonds. The van der Waals surface area contributed by atoms with Crippen molar-refractivity contribution in [1.82, 2.24) is 4.98 Å². The van der Waals surface area contributed by atoms with Crippen LogP contribution in [0.2, 0.25) is 0 Å². The highest BCUT2D eigenvalue weighted by molar-refractivity contribution is 7.25. The Bertz CT molecular complexity index is 2830. The van der Waals surface area contributed by atoms with Crippen molar-refractivity contribution in [3.05, 3.63) is 157 Å². The molecule has 0 saturated heterocycles. The van der Waals surface area contributed by atoms with Crippen LogP contribution in [0.15, 0.2) is 146 Å². The molecule has 2 aliphatic carbocycles. The first-order chi connectivity index (χ1) is 24.5. The molecule has 9 aromatic rings. The van der Waals surface area contributed by atoms with Gasteiger partial charge in [-0.1, -0.05) is 123 Å². The average Bonchev–Trinajstić information content (AvgIpc) is 3.89. The first-order valence-corrected chi connectivity index (χ1v) is 18.8. The number of anilines is 3. The van der Waals surface area contributed by atoms with Gasteiger partial charge in [0.15, 0.2) is 0 Å². The molecule has 0 aliphatic heterocycles. The Morgan fingerprint density at radius 1 is 0.520 bits per heavy atom. The van der Waals surface area contributed by atoms with E-state index in [0.29, 0.717) is 0 Å². The standard InChI is InChI=1S/C46H30N2S2/c1-46(2)37-17-8-6-13-30(37)31-21-19-28(25-38(31)46)48(29-20-22-33-32-14-7-9-18-40(32)49-41(33)26-29)39-24-23-35-42-34(39)15-10-16-36(42)44-43(35)47-45(50-44)27-11-4-3-5-12-27/h3-26H,1-2H3. The molecule has 4 heteroatoms. The zero-order valence-corrected chi connectivity index (χ0v) is 29.2. The summed E-state index contributed by atoms with van der Waals surface area (Å²) in [4.78, 5) is 8.98. The maximum Gasteiger partial charge on any atom is 0.124 e. The van der Waals surface area contributed by atoms with Crippen LogP contribution in [-0.2, 0) is 5.41 Å². The first kappa shape index (κ1) is 28.3. The molecular weight excluding hydrogens is 645 g/mol. The quantitative estimate of drug-likeness (QED) is 0.185. The molecule has 0 atom stereocenters. The van der Waals surface area contributed by atoms with Crippen molar-refractivity contribution in [3.8, 4) is 43.4 Å². The van der Waals surface area contributed by atoms with Gasteiger partial charge in [-0.3, -0.25) is 0 Å². The van der Waals surface area contributed by atoms with E-state index in [1.54, 1.807) is 11.3 Å². The second kappa shape index (κ2) is 10.2. The molecular formula is C46H30N2S2. The number of fused-ring (bicyclic) bond motifs is 9. The highest BCUT2D eigenvalue weighted by atomic mass is 32.1. The number of hydrogen-bond acceptors (Lipinski definition) is 4. The molecule has 0 unspecified atom stereocenters. The lowest BCUT2D eigenvalue weighted by molar-refractivity contribution is 0.660. The summed E-state index contributed by atoms with van der Waals surface area (Å²) < 4.78 is 2.62. The van der Waals surface area contributed by atoms with Crippen LogP contribution in [-0.4, -0.2) is 4.98 Å². The molecule has 0 saturated carbocycles. The van der Waals surface area contributed by atoms with Gasteiger partial charge in [-0.05, 0) is 58.7 Å². The van der Waals surface area contributed by atoms with Crippen molar-refractivity contribution >= 4 is 70.7 Å². The predicted octanol–water partition coefficient (Wildman–Crippen LogP) is 13.8. The molecule has 236 valence electrons. The van der Waals surface area contributed by atoms with Crippen LogP contribution >= 0.6 is 22.7 Å². The third-order valence-electron chi connectivity index (χ3n) is 10.9. The lowest BCUT2D eigenvalue weighted by Gasteiger charge is -2.29. The molecule has 2 aliphatic rings. The summed E-state index contributed by atoms with van der Waals surface area (Å²) in [5.74, 6) is 0. The number of benzene rings is 7. The lowest BCUT2D eigenvalue weighted by atomic mass is 9.82. The molecule has 0 fully saturated rings. The number of thiazole rings is 1. The number of rotatable bonds is 4. The summed E-state index contributed by atoms with van der Waals surface area (Å²) in [6.07, 6.45) is 0. The van der Waals surface area contributed by atoms with E-state index in [1.807, 2.05) is 11.3 Å². The molecule has 0 spiro atoms. The fourth-order valence-electron chi connectivity index (χ4n) is 8.47. The maximum atomic E-state index is 5.23. The zero-order valence-electron chi connectivity index (χ0n) is 27.6. The summed E-state index contributed by atoms with van der Waals surface area (Å²) in [7, 11) is 0. The Morgan fingerprint density at radius 3 is 2.14 bits per heavy atom. The van der Waals surface area contributed by atoms with Crippen LogP contribution in [0.4, 0.5) is 17.1 Å². The maximum absolute atomic E-state index is 5.23. The summed E-state index contributed by atoms with van der Waals surface area (Å²) in [5.41, 5.74) is 13.6. The van der Waals surface area contributed by atoms with Gasteiger partial charge >= 0.3 is 0 Å². The highest BCUT2D eigenvalue weighted by Gasteiger charge is 2.36. The van der Waals surface area contributed by atoms with E-state index in [2.05, 4.69) is 164 Å². The van der Waals surface area contributed by atoms with Gasteiger partial charge in [0.2, 0.25) is 0 Å². The fourth-order valence-corrected chi connectivity index (χ4v) is 10.7. The summed E-state index contributed by atoms with van der Waals surface area (Å²) >= 11 is 3.67. The van der Waals surface area contributed by atoms with Gasteiger partial charge in [-0.2, -0.15) is 0 Å². The second-order valence-electron chi connectivity index (χ2n) is 13.9. The van der Waals surface area contributed by atoms with E-state index in [9.17, 15) is 0 Å². The van der Waals surface area contributed by atoms with Crippen molar-refractivity contribution in [2.24, 2.45) is 0 Å². The minimum Gasteiger partial charge on any atom is -0.310 e. The third kappa shape index (κ3) is 3.86. The predicted molar refractivity (Wildman–Crippen MR) is 215 cm³/mol. The molecule has 2 aromatic heterocycles. The fraction of sp³-hybridized carbons (Fsp3) is 0.0652.